The SMILES string of the molecule is CC(C)NC(=O)Nc1ccc(Oc2ccnc3[nH]c(=O)n(C)c23)cc1. The minimum Gasteiger partial charge on any atom is -0.455 e. The van der Waals surface area contributed by atoms with E-state index in [0.29, 0.717) is 28.4 Å². The largest absolute Gasteiger partial charge is 0.455 e. The van der Waals surface area contributed by atoms with Crippen molar-refractivity contribution in [1.82, 2.24) is 19.9 Å². The van der Waals surface area contributed by atoms with Crippen LogP contribution in [0.5, 0.6) is 11.5 Å². The zero-order valence-corrected chi connectivity index (χ0v) is 14.2. The molecular formula is C17H19N5O3. The van der Waals surface area contributed by atoms with Crippen LogP contribution in [-0.4, -0.2) is 26.6 Å². The number of aryl methyl sites for hydroxylation is 1. The summed E-state index contributed by atoms with van der Waals surface area (Å²) in [7, 11) is 1.65. The molecule has 3 rings (SSSR count). The Labute approximate surface area is 143 Å². The fraction of sp³-hybridized carbons (Fsp3) is 0.235. The Hall–Kier alpha value is -3.29. The highest BCUT2D eigenvalue weighted by Crippen LogP contribution is 2.27. The summed E-state index contributed by atoms with van der Waals surface area (Å²) < 4.78 is 7.31. The number of pyridine rings is 1. The van der Waals surface area contributed by atoms with Gasteiger partial charge in [0.2, 0.25) is 0 Å². The highest BCUT2D eigenvalue weighted by Gasteiger charge is 2.11. The molecule has 1 aromatic carbocycles. The van der Waals surface area contributed by atoms with Crippen LogP contribution in [0.25, 0.3) is 11.2 Å². The Balaban J connectivity index is 1.78. The van der Waals surface area contributed by atoms with Crippen molar-refractivity contribution in [2.75, 3.05) is 5.32 Å². The number of carbonyl (C=O) groups is 1. The van der Waals surface area contributed by atoms with Crippen LogP contribution in [0.1, 0.15) is 13.8 Å². The molecule has 2 amide bonds. The number of nitrogens with one attached hydrogen (secondary N) is 3. The standard InChI is InChI=1S/C17H19N5O3/c1-10(2)19-16(23)20-11-4-6-12(7-5-11)25-13-8-9-18-15-14(13)22(3)17(24)21-15/h4-10H,1-3H3,(H,18,21,24)(H2,19,20,23). The zero-order chi connectivity index (χ0) is 18.0. The monoisotopic (exact) mass is 341 g/mol. The zero-order valence-electron chi connectivity index (χ0n) is 14.2. The molecule has 0 unspecified atom stereocenters. The number of anilines is 1. The minimum atomic E-state index is -0.262. The van der Waals surface area contributed by atoms with Crippen LogP contribution in [0.3, 0.4) is 0 Å². The average molecular weight is 341 g/mol. The molecule has 0 atom stereocenters. The molecule has 0 aliphatic carbocycles. The normalized spacial score (nSPS) is 10.9. The number of carbonyl (C=O) groups excluding carboxylic acids is 1. The highest BCUT2D eigenvalue weighted by molar-refractivity contribution is 5.89. The van der Waals surface area contributed by atoms with Gasteiger partial charge in [-0.2, -0.15) is 0 Å². The molecule has 8 nitrogen and oxygen atoms in total. The smallest absolute Gasteiger partial charge is 0.327 e. The van der Waals surface area contributed by atoms with Gasteiger partial charge in [-0.3, -0.25) is 9.55 Å². The van der Waals surface area contributed by atoms with E-state index in [4.69, 9.17) is 4.74 Å². The number of benzene rings is 1. The molecule has 3 N–H and O–H groups in total. The Morgan fingerprint density at radius 2 is 1.96 bits per heavy atom. The topological polar surface area (TPSA) is 101 Å². The van der Waals surface area contributed by atoms with Crippen molar-refractivity contribution in [3.8, 4) is 11.5 Å². The van der Waals surface area contributed by atoms with E-state index in [1.807, 2.05) is 13.8 Å². The Bertz CT molecular complexity index is 957. The average Bonchev–Trinajstić information content (AvgIpc) is 2.84. The minimum absolute atomic E-state index is 0.0599. The van der Waals surface area contributed by atoms with Crippen molar-refractivity contribution in [2.24, 2.45) is 7.05 Å². The number of fused-ring (bicyclic) bond motifs is 1. The first-order valence-corrected chi connectivity index (χ1v) is 7.83. The van der Waals surface area contributed by atoms with Crippen LogP contribution < -0.4 is 21.1 Å². The van der Waals surface area contributed by atoms with E-state index in [1.165, 1.54) is 4.57 Å². The summed E-state index contributed by atoms with van der Waals surface area (Å²) in [5.74, 6) is 1.10. The maximum atomic E-state index is 11.7. The number of hydrogen-bond acceptors (Lipinski definition) is 4. The molecule has 25 heavy (non-hydrogen) atoms. The molecule has 130 valence electrons. The molecular weight excluding hydrogens is 322 g/mol. The molecule has 0 bridgehead atoms. The first kappa shape index (κ1) is 16.6. The van der Waals surface area contributed by atoms with Gasteiger partial charge in [-0.05, 0) is 38.1 Å². The highest BCUT2D eigenvalue weighted by atomic mass is 16.5. The van der Waals surface area contributed by atoms with Crippen molar-refractivity contribution < 1.29 is 9.53 Å². The molecule has 0 aliphatic rings. The summed E-state index contributed by atoms with van der Waals surface area (Å²) in [6.07, 6.45) is 1.57. The summed E-state index contributed by atoms with van der Waals surface area (Å²) >= 11 is 0. The number of rotatable bonds is 4. The van der Waals surface area contributed by atoms with E-state index in [2.05, 4.69) is 20.6 Å². The number of hydrogen-bond donors (Lipinski definition) is 3. The quantitative estimate of drug-likeness (QED) is 0.679. The predicted octanol–water partition coefficient (Wildman–Crippen LogP) is 2.58. The third-order valence-electron chi connectivity index (χ3n) is 3.51. The third kappa shape index (κ3) is 3.63. The number of ether oxygens (including phenoxy) is 1. The lowest BCUT2D eigenvalue weighted by atomic mass is 10.3. The molecule has 3 aromatic rings. The molecule has 0 aliphatic heterocycles. The number of amides is 2. The van der Waals surface area contributed by atoms with Gasteiger partial charge < -0.3 is 15.4 Å². The predicted molar refractivity (Wildman–Crippen MR) is 95.1 cm³/mol. The fourth-order valence-corrected chi connectivity index (χ4v) is 2.38. The van der Waals surface area contributed by atoms with Gasteiger partial charge in [-0.25, -0.2) is 14.6 Å². The van der Waals surface area contributed by atoms with E-state index in [0.717, 1.165) is 0 Å². The number of imidazole rings is 1. The second-order valence-electron chi connectivity index (χ2n) is 5.88. The van der Waals surface area contributed by atoms with Gasteiger partial charge in [-0.1, -0.05) is 0 Å². The number of aromatic amines is 1. The second-order valence-corrected chi connectivity index (χ2v) is 5.88. The van der Waals surface area contributed by atoms with Crippen molar-refractivity contribution in [3.05, 3.63) is 47.0 Å². The third-order valence-corrected chi connectivity index (χ3v) is 3.51. The second kappa shape index (κ2) is 6.68. The number of nitrogens with zero attached hydrogens (tertiary/aromatic N) is 2. The Morgan fingerprint density at radius 3 is 2.64 bits per heavy atom. The van der Waals surface area contributed by atoms with E-state index >= 15 is 0 Å². The van der Waals surface area contributed by atoms with Gasteiger partial charge in [0, 0.05) is 31.0 Å². The lowest BCUT2D eigenvalue weighted by Gasteiger charge is -2.11. The fourth-order valence-electron chi connectivity index (χ4n) is 2.38. The molecule has 8 heteroatoms. The number of urea groups is 1. The Kier molecular flexibility index (Phi) is 4.42. The van der Waals surface area contributed by atoms with Gasteiger partial charge in [0.1, 0.15) is 11.3 Å². The lowest BCUT2D eigenvalue weighted by Crippen LogP contribution is -2.34. The summed E-state index contributed by atoms with van der Waals surface area (Å²) in [6.45, 7) is 3.78. The van der Waals surface area contributed by atoms with Crippen LogP contribution in [-0.2, 0) is 7.05 Å². The summed E-state index contributed by atoms with van der Waals surface area (Å²) in [6, 6.07) is 8.45. The van der Waals surface area contributed by atoms with Gasteiger partial charge >= 0.3 is 11.7 Å². The van der Waals surface area contributed by atoms with Crippen LogP contribution >= 0.6 is 0 Å². The van der Waals surface area contributed by atoms with Crippen molar-refractivity contribution >= 4 is 22.9 Å². The molecule has 0 radical (unpaired) electrons. The van der Waals surface area contributed by atoms with Crippen LogP contribution in [0.2, 0.25) is 0 Å². The first-order chi connectivity index (χ1) is 11.9. The van der Waals surface area contributed by atoms with E-state index in [1.54, 1.807) is 43.6 Å². The van der Waals surface area contributed by atoms with Crippen molar-refractivity contribution in [3.63, 3.8) is 0 Å². The van der Waals surface area contributed by atoms with E-state index in [9.17, 15) is 9.59 Å². The van der Waals surface area contributed by atoms with Gasteiger partial charge in [-0.15, -0.1) is 0 Å². The van der Waals surface area contributed by atoms with Crippen LogP contribution in [0.4, 0.5) is 10.5 Å². The number of aromatic nitrogens is 3. The Morgan fingerprint density at radius 1 is 1.24 bits per heavy atom. The van der Waals surface area contributed by atoms with Gasteiger partial charge in [0.25, 0.3) is 0 Å². The van der Waals surface area contributed by atoms with Crippen LogP contribution in [0.15, 0.2) is 41.3 Å². The molecule has 0 fully saturated rings. The van der Waals surface area contributed by atoms with Crippen LogP contribution in [0, 0.1) is 0 Å². The summed E-state index contributed by atoms with van der Waals surface area (Å²) in [4.78, 5) is 30.2. The van der Waals surface area contributed by atoms with E-state index < -0.39 is 0 Å². The van der Waals surface area contributed by atoms with Gasteiger partial charge in [0.05, 0.1) is 0 Å². The lowest BCUT2D eigenvalue weighted by molar-refractivity contribution is 0.250. The molecule has 0 saturated heterocycles. The molecule has 2 aromatic heterocycles. The van der Waals surface area contributed by atoms with E-state index in [-0.39, 0.29) is 17.8 Å². The summed E-state index contributed by atoms with van der Waals surface area (Å²) in [5.41, 5.74) is 1.45. The molecule has 0 saturated carbocycles. The maximum Gasteiger partial charge on any atom is 0.327 e. The van der Waals surface area contributed by atoms with Crippen molar-refractivity contribution in [2.45, 2.75) is 19.9 Å². The molecule has 2 heterocycles. The first-order valence-electron chi connectivity index (χ1n) is 7.83. The summed E-state index contributed by atoms with van der Waals surface area (Å²) in [5, 5.41) is 5.49. The van der Waals surface area contributed by atoms with Crippen molar-refractivity contribution in [1.29, 1.82) is 0 Å². The maximum absolute atomic E-state index is 11.7. The van der Waals surface area contributed by atoms with Gasteiger partial charge in [0.15, 0.2) is 11.4 Å². The molecule has 0 spiro atoms. The number of H-pyrrole nitrogens is 1.